The van der Waals surface area contributed by atoms with Gasteiger partial charge in [0.2, 0.25) is 0 Å². The molecule has 1 saturated heterocycles. The van der Waals surface area contributed by atoms with Crippen molar-refractivity contribution in [2.24, 2.45) is 0 Å². The average molecular weight is 269 g/mol. The van der Waals surface area contributed by atoms with Gasteiger partial charge >= 0.3 is 0 Å². The van der Waals surface area contributed by atoms with Gasteiger partial charge in [0.05, 0.1) is 0 Å². The highest BCUT2D eigenvalue weighted by molar-refractivity contribution is 6.30. The second kappa shape index (κ2) is 5.85. The van der Waals surface area contributed by atoms with Gasteiger partial charge in [0.1, 0.15) is 17.3 Å². The first kappa shape index (κ1) is 13.6. The summed E-state index contributed by atoms with van der Waals surface area (Å²) in [4.78, 5) is 10.8. The monoisotopic (exact) mass is 268 g/mol. The Balaban J connectivity index is 2.11. The lowest BCUT2D eigenvalue weighted by Crippen LogP contribution is -2.37. The summed E-state index contributed by atoms with van der Waals surface area (Å²) in [6.07, 6.45) is 3.83. The highest BCUT2D eigenvalue weighted by Crippen LogP contribution is 2.29. The minimum atomic E-state index is 0.326. The van der Waals surface area contributed by atoms with E-state index in [0.29, 0.717) is 17.1 Å². The summed E-state index contributed by atoms with van der Waals surface area (Å²) < 4.78 is 0. The van der Waals surface area contributed by atoms with E-state index < -0.39 is 0 Å². The summed E-state index contributed by atoms with van der Waals surface area (Å²) >= 11 is 6.17. The Kier molecular flexibility index (Phi) is 4.40. The van der Waals surface area contributed by atoms with E-state index in [1.807, 2.05) is 0 Å². The van der Waals surface area contributed by atoms with E-state index in [4.69, 9.17) is 11.6 Å². The van der Waals surface area contributed by atoms with E-state index in [1.165, 1.54) is 6.33 Å². The molecule has 0 aliphatic carbocycles. The van der Waals surface area contributed by atoms with Crippen molar-refractivity contribution in [3.63, 3.8) is 0 Å². The van der Waals surface area contributed by atoms with Crippen LogP contribution in [-0.2, 0) is 0 Å². The Morgan fingerprint density at radius 3 is 2.61 bits per heavy atom. The molecule has 0 amide bonds. The molecule has 1 aliphatic rings. The molecule has 1 aromatic heterocycles. The zero-order chi connectivity index (χ0) is 13.1. The van der Waals surface area contributed by atoms with Crippen molar-refractivity contribution >= 4 is 17.4 Å². The highest BCUT2D eigenvalue weighted by Gasteiger charge is 2.20. The fourth-order valence-electron chi connectivity index (χ4n) is 2.35. The van der Waals surface area contributed by atoms with E-state index in [2.05, 4.69) is 41.1 Å². The van der Waals surface area contributed by atoms with Crippen molar-refractivity contribution in [1.29, 1.82) is 0 Å². The van der Waals surface area contributed by atoms with Crippen LogP contribution in [0.2, 0.25) is 5.15 Å². The maximum Gasteiger partial charge on any atom is 0.138 e. The fourth-order valence-corrected chi connectivity index (χ4v) is 2.70. The number of nitrogens with one attached hydrogen (secondary N) is 1. The van der Waals surface area contributed by atoms with Crippen LogP contribution in [-0.4, -0.2) is 41.0 Å². The SMILES string of the molecule is CC(C)c1c(Cl)ncnc1NC1CCN(C)CC1. The van der Waals surface area contributed by atoms with Crippen LogP contribution in [0.4, 0.5) is 5.82 Å². The number of piperidine rings is 1. The van der Waals surface area contributed by atoms with Gasteiger partial charge in [0.25, 0.3) is 0 Å². The van der Waals surface area contributed by atoms with E-state index >= 15 is 0 Å². The minimum Gasteiger partial charge on any atom is -0.367 e. The molecular formula is C13H21ClN4. The summed E-state index contributed by atoms with van der Waals surface area (Å²) in [5.74, 6) is 1.23. The number of nitrogens with zero attached hydrogens (tertiary/aromatic N) is 3. The van der Waals surface area contributed by atoms with Gasteiger partial charge in [-0.05, 0) is 38.9 Å². The van der Waals surface area contributed by atoms with E-state index in [-0.39, 0.29) is 0 Å². The van der Waals surface area contributed by atoms with Crippen LogP contribution < -0.4 is 5.32 Å². The molecule has 2 rings (SSSR count). The molecule has 18 heavy (non-hydrogen) atoms. The highest BCUT2D eigenvalue weighted by atomic mass is 35.5. The third-order valence-electron chi connectivity index (χ3n) is 3.47. The molecule has 0 unspecified atom stereocenters. The molecule has 0 bridgehead atoms. The van der Waals surface area contributed by atoms with Gasteiger partial charge in [-0.25, -0.2) is 9.97 Å². The number of hydrogen-bond acceptors (Lipinski definition) is 4. The number of aromatic nitrogens is 2. The van der Waals surface area contributed by atoms with Crippen LogP contribution in [0.3, 0.4) is 0 Å². The van der Waals surface area contributed by atoms with Gasteiger partial charge in [-0.2, -0.15) is 0 Å². The number of hydrogen-bond donors (Lipinski definition) is 1. The molecule has 1 aliphatic heterocycles. The third kappa shape index (κ3) is 3.12. The first-order valence-electron chi connectivity index (χ1n) is 6.53. The predicted molar refractivity (Wildman–Crippen MR) is 75.3 cm³/mol. The van der Waals surface area contributed by atoms with Crippen molar-refractivity contribution in [3.8, 4) is 0 Å². The van der Waals surface area contributed by atoms with Gasteiger partial charge < -0.3 is 10.2 Å². The van der Waals surface area contributed by atoms with Crippen LogP contribution >= 0.6 is 11.6 Å². The zero-order valence-electron chi connectivity index (χ0n) is 11.3. The molecule has 1 aromatic rings. The molecule has 0 saturated carbocycles. The van der Waals surface area contributed by atoms with Crippen molar-refractivity contribution in [2.75, 3.05) is 25.5 Å². The standard InChI is InChI=1S/C13H21ClN4/c1-9(2)11-12(14)15-8-16-13(11)17-10-4-6-18(3)7-5-10/h8-10H,4-7H2,1-3H3,(H,15,16,17). The second-order valence-electron chi connectivity index (χ2n) is 5.30. The molecule has 4 nitrogen and oxygen atoms in total. The maximum atomic E-state index is 6.17. The molecule has 0 spiro atoms. The Hall–Kier alpha value is -0.870. The number of rotatable bonds is 3. The van der Waals surface area contributed by atoms with Gasteiger partial charge in [-0.15, -0.1) is 0 Å². The van der Waals surface area contributed by atoms with Crippen molar-refractivity contribution in [2.45, 2.75) is 38.6 Å². The van der Waals surface area contributed by atoms with Crippen LogP contribution in [0.25, 0.3) is 0 Å². The minimum absolute atomic E-state index is 0.326. The molecule has 0 radical (unpaired) electrons. The summed E-state index contributed by atoms with van der Waals surface area (Å²) in [6.45, 7) is 6.50. The molecular weight excluding hydrogens is 248 g/mol. The van der Waals surface area contributed by atoms with Crippen LogP contribution in [0.1, 0.15) is 38.2 Å². The lowest BCUT2D eigenvalue weighted by Gasteiger charge is -2.30. The molecule has 1 N–H and O–H groups in total. The van der Waals surface area contributed by atoms with Gasteiger partial charge in [-0.1, -0.05) is 25.4 Å². The van der Waals surface area contributed by atoms with E-state index in [1.54, 1.807) is 0 Å². The van der Waals surface area contributed by atoms with Crippen LogP contribution in [0.5, 0.6) is 0 Å². The van der Waals surface area contributed by atoms with Crippen molar-refractivity contribution < 1.29 is 0 Å². The quantitative estimate of drug-likeness (QED) is 0.856. The van der Waals surface area contributed by atoms with Crippen molar-refractivity contribution in [3.05, 3.63) is 17.0 Å². The van der Waals surface area contributed by atoms with Gasteiger partial charge in [-0.3, -0.25) is 0 Å². The molecule has 100 valence electrons. The smallest absolute Gasteiger partial charge is 0.138 e. The van der Waals surface area contributed by atoms with E-state index in [0.717, 1.165) is 37.3 Å². The molecule has 1 fully saturated rings. The molecule has 2 heterocycles. The summed E-state index contributed by atoms with van der Waals surface area (Å²) in [6, 6.07) is 0.490. The number of anilines is 1. The lowest BCUT2D eigenvalue weighted by molar-refractivity contribution is 0.263. The summed E-state index contributed by atoms with van der Waals surface area (Å²) in [7, 11) is 2.16. The molecule has 5 heteroatoms. The summed E-state index contributed by atoms with van der Waals surface area (Å²) in [5.41, 5.74) is 1.03. The van der Waals surface area contributed by atoms with Gasteiger partial charge in [0, 0.05) is 11.6 Å². The molecule has 0 aromatic carbocycles. The largest absolute Gasteiger partial charge is 0.367 e. The lowest BCUT2D eigenvalue weighted by atomic mass is 10.0. The Morgan fingerprint density at radius 1 is 1.33 bits per heavy atom. The normalized spacial score (nSPS) is 18.3. The first-order valence-corrected chi connectivity index (χ1v) is 6.91. The second-order valence-corrected chi connectivity index (χ2v) is 5.66. The zero-order valence-corrected chi connectivity index (χ0v) is 12.0. The van der Waals surface area contributed by atoms with Crippen molar-refractivity contribution in [1.82, 2.24) is 14.9 Å². The topological polar surface area (TPSA) is 41.1 Å². The Labute approximate surface area is 114 Å². The maximum absolute atomic E-state index is 6.17. The predicted octanol–water partition coefficient (Wildman–Crippen LogP) is 2.76. The first-order chi connectivity index (χ1) is 8.58. The van der Waals surface area contributed by atoms with Gasteiger partial charge in [0.15, 0.2) is 0 Å². The number of likely N-dealkylation sites (tertiary alicyclic amines) is 1. The van der Waals surface area contributed by atoms with Crippen LogP contribution in [0.15, 0.2) is 6.33 Å². The third-order valence-corrected chi connectivity index (χ3v) is 3.77. The Morgan fingerprint density at radius 2 is 2.00 bits per heavy atom. The van der Waals surface area contributed by atoms with Crippen LogP contribution in [0, 0.1) is 0 Å². The Bertz CT molecular complexity index is 400. The summed E-state index contributed by atoms with van der Waals surface area (Å²) in [5, 5.41) is 4.10. The fraction of sp³-hybridized carbons (Fsp3) is 0.692. The molecule has 0 atom stereocenters. The van der Waals surface area contributed by atoms with E-state index in [9.17, 15) is 0 Å². The number of halogens is 1. The average Bonchev–Trinajstić information content (AvgIpc) is 2.32.